The average Bonchev–Trinajstić information content (AvgIpc) is 3.13. The lowest BCUT2D eigenvalue weighted by atomic mass is 10.1. The highest BCUT2D eigenvalue weighted by atomic mass is 16.5. The first-order valence-electron chi connectivity index (χ1n) is 8.63. The molecule has 1 unspecified atom stereocenters. The Kier molecular flexibility index (Phi) is 6.58. The van der Waals surface area contributed by atoms with Gasteiger partial charge in [-0.05, 0) is 34.0 Å². The molecule has 0 saturated carbocycles. The minimum Gasteiger partial charge on any atom is -0.465 e. The van der Waals surface area contributed by atoms with Crippen molar-refractivity contribution < 1.29 is 23.5 Å². The smallest absolute Gasteiger partial charge is 0.342 e. The molecule has 9 heteroatoms. The van der Waals surface area contributed by atoms with Gasteiger partial charge in [0.05, 0.1) is 13.0 Å². The summed E-state index contributed by atoms with van der Waals surface area (Å²) in [5, 5.41) is 11.9. The van der Waals surface area contributed by atoms with Gasteiger partial charge in [-0.15, -0.1) is 0 Å². The summed E-state index contributed by atoms with van der Waals surface area (Å²) < 4.78 is 10.0. The lowest BCUT2D eigenvalue weighted by molar-refractivity contribution is -0.128. The number of rotatable bonds is 7. The number of anilines is 1. The zero-order chi connectivity index (χ0) is 20.1. The topological polar surface area (TPSA) is 116 Å². The van der Waals surface area contributed by atoms with E-state index in [1.54, 1.807) is 4.90 Å². The molecular weight excluding hydrogens is 352 g/mol. The number of ether oxygens (including phenoxy) is 1. The number of amides is 2. The molecule has 2 amide bonds. The summed E-state index contributed by atoms with van der Waals surface area (Å²) in [7, 11) is 5.12. The van der Waals surface area contributed by atoms with Crippen LogP contribution >= 0.6 is 0 Å². The number of nitrogens with one attached hydrogen (secondary N) is 1. The van der Waals surface area contributed by atoms with Crippen molar-refractivity contribution in [3.63, 3.8) is 0 Å². The summed E-state index contributed by atoms with van der Waals surface area (Å²) in [5.41, 5.74) is -0.0945. The van der Waals surface area contributed by atoms with E-state index in [-0.39, 0.29) is 35.1 Å². The third kappa shape index (κ3) is 4.65. The minimum atomic E-state index is -0.712. The van der Waals surface area contributed by atoms with Crippen molar-refractivity contribution in [1.82, 2.24) is 9.80 Å². The Morgan fingerprint density at radius 1 is 1.44 bits per heavy atom. The first-order chi connectivity index (χ1) is 12.8. The number of esters is 1. The van der Waals surface area contributed by atoms with Crippen molar-refractivity contribution in [3.05, 3.63) is 16.9 Å². The SMILES string of the molecule is COC(=O)c1c(C)oc(NC(=O)C2CC(=O)N(CCCN(C)C)C2)c1C#N. The molecule has 9 nitrogen and oxygen atoms in total. The van der Waals surface area contributed by atoms with Crippen molar-refractivity contribution in [2.75, 3.05) is 46.2 Å². The van der Waals surface area contributed by atoms with Crippen LogP contribution in [0, 0.1) is 24.2 Å². The van der Waals surface area contributed by atoms with Crippen LogP contribution in [-0.2, 0) is 14.3 Å². The quantitative estimate of drug-likeness (QED) is 0.705. The molecule has 1 aromatic rings. The predicted molar refractivity (Wildman–Crippen MR) is 96.0 cm³/mol. The Labute approximate surface area is 157 Å². The van der Waals surface area contributed by atoms with Gasteiger partial charge in [0.15, 0.2) is 0 Å². The van der Waals surface area contributed by atoms with Gasteiger partial charge >= 0.3 is 5.97 Å². The normalized spacial score (nSPS) is 16.5. The van der Waals surface area contributed by atoms with Crippen molar-refractivity contribution in [2.45, 2.75) is 19.8 Å². The van der Waals surface area contributed by atoms with Crippen LogP contribution in [0.3, 0.4) is 0 Å². The molecule has 0 aliphatic carbocycles. The molecule has 0 spiro atoms. The Bertz CT molecular complexity index is 777. The Balaban J connectivity index is 2.05. The fourth-order valence-corrected chi connectivity index (χ4v) is 3.04. The fourth-order valence-electron chi connectivity index (χ4n) is 3.04. The Hall–Kier alpha value is -2.86. The fraction of sp³-hybridized carbons (Fsp3) is 0.556. The van der Waals surface area contributed by atoms with Gasteiger partial charge in [0.25, 0.3) is 0 Å². The van der Waals surface area contributed by atoms with Crippen LogP contribution in [0.4, 0.5) is 5.88 Å². The molecule has 1 fully saturated rings. The molecule has 2 heterocycles. The van der Waals surface area contributed by atoms with E-state index in [4.69, 9.17) is 4.42 Å². The number of aryl methyl sites for hydroxylation is 1. The molecule has 146 valence electrons. The molecule has 0 bridgehead atoms. The van der Waals surface area contributed by atoms with Gasteiger partial charge in [-0.25, -0.2) is 4.79 Å². The highest BCUT2D eigenvalue weighted by Gasteiger charge is 2.35. The molecule has 1 aliphatic rings. The van der Waals surface area contributed by atoms with Crippen molar-refractivity contribution in [1.29, 1.82) is 5.26 Å². The molecular formula is C18H24N4O5. The van der Waals surface area contributed by atoms with Crippen molar-refractivity contribution in [3.8, 4) is 6.07 Å². The molecule has 1 atom stereocenters. The molecule has 0 aromatic carbocycles. The summed E-state index contributed by atoms with van der Waals surface area (Å²) in [6, 6.07) is 1.86. The predicted octanol–water partition coefficient (Wildman–Crippen LogP) is 0.985. The second-order valence-electron chi connectivity index (χ2n) is 6.73. The summed E-state index contributed by atoms with van der Waals surface area (Å²) in [6.07, 6.45) is 0.935. The van der Waals surface area contributed by atoms with Crippen LogP contribution in [0.5, 0.6) is 0 Å². The molecule has 1 aliphatic heterocycles. The van der Waals surface area contributed by atoms with Gasteiger partial charge in [0.2, 0.25) is 17.7 Å². The number of methoxy groups -OCH3 is 1. The van der Waals surface area contributed by atoms with Gasteiger partial charge in [0.1, 0.15) is 23.0 Å². The number of nitriles is 1. The number of nitrogens with zero attached hydrogens (tertiary/aromatic N) is 3. The molecule has 1 aromatic heterocycles. The van der Waals surface area contributed by atoms with E-state index < -0.39 is 17.8 Å². The highest BCUT2D eigenvalue weighted by molar-refractivity contribution is 6.00. The lowest BCUT2D eigenvalue weighted by Crippen LogP contribution is -2.30. The first-order valence-corrected chi connectivity index (χ1v) is 8.63. The number of hydrogen-bond donors (Lipinski definition) is 1. The van der Waals surface area contributed by atoms with Gasteiger partial charge in [-0.2, -0.15) is 5.26 Å². The average molecular weight is 376 g/mol. The molecule has 1 N–H and O–H groups in total. The van der Waals surface area contributed by atoms with Crippen LogP contribution in [0.1, 0.15) is 34.5 Å². The third-order valence-corrected chi connectivity index (χ3v) is 4.44. The maximum absolute atomic E-state index is 12.5. The third-order valence-electron chi connectivity index (χ3n) is 4.44. The maximum Gasteiger partial charge on any atom is 0.342 e. The van der Waals surface area contributed by atoms with Gasteiger partial charge in [-0.1, -0.05) is 0 Å². The number of carbonyl (C=O) groups is 3. The standard InChI is InChI=1S/C18H24N4O5/c1-11-15(18(25)26-4)13(9-19)17(27-11)20-16(24)12-8-14(23)22(10-12)7-5-6-21(2)3/h12H,5-8,10H2,1-4H3,(H,20,24). The van der Waals surface area contributed by atoms with Crippen molar-refractivity contribution in [2.24, 2.45) is 5.92 Å². The molecule has 27 heavy (non-hydrogen) atoms. The lowest BCUT2D eigenvalue weighted by Gasteiger charge is -2.17. The van der Waals surface area contributed by atoms with Gasteiger partial charge < -0.3 is 19.0 Å². The van der Waals surface area contributed by atoms with Crippen LogP contribution in [0.2, 0.25) is 0 Å². The van der Waals surface area contributed by atoms with E-state index in [1.165, 1.54) is 14.0 Å². The number of carbonyl (C=O) groups excluding carboxylic acids is 3. The summed E-state index contributed by atoms with van der Waals surface area (Å²) in [5.74, 6) is -1.65. The number of likely N-dealkylation sites (tertiary alicyclic amines) is 1. The van der Waals surface area contributed by atoms with E-state index in [9.17, 15) is 19.6 Å². The van der Waals surface area contributed by atoms with Crippen LogP contribution < -0.4 is 5.32 Å². The van der Waals surface area contributed by atoms with Crippen molar-refractivity contribution >= 4 is 23.7 Å². The summed E-state index contributed by atoms with van der Waals surface area (Å²) in [6.45, 7) is 3.28. The van der Waals surface area contributed by atoms with Gasteiger partial charge in [-0.3, -0.25) is 14.9 Å². The zero-order valence-electron chi connectivity index (χ0n) is 16.0. The summed E-state index contributed by atoms with van der Waals surface area (Å²) >= 11 is 0. The minimum absolute atomic E-state index is 0.0110. The zero-order valence-corrected chi connectivity index (χ0v) is 16.0. The second-order valence-corrected chi connectivity index (χ2v) is 6.73. The number of hydrogen-bond acceptors (Lipinski definition) is 7. The first kappa shape index (κ1) is 20.5. The monoisotopic (exact) mass is 376 g/mol. The number of furan rings is 1. The molecule has 2 rings (SSSR count). The largest absolute Gasteiger partial charge is 0.465 e. The van der Waals surface area contributed by atoms with E-state index in [2.05, 4.69) is 10.1 Å². The van der Waals surface area contributed by atoms with Crippen LogP contribution in [-0.4, -0.2) is 68.4 Å². The van der Waals surface area contributed by atoms with Crippen LogP contribution in [0.15, 0.2) is 4.42 Å². The summed E-state index contributed by atoms with van der Waals surface area (Å²) in [4.78, 5) is 40.2. The molecule has 1 saturated heterocycles. The molecule has 0 radical (unpaired) electrons. The van der Waals surface area contributed by atoms with Crippen LogP contribution in [0.25, 0.3) is 0 Å². The Morgan fingerprint density at radius 3 is 2.74 bits per heavy atom. The second kappa shape index (κ2) is 8.68. The Morgan fingerprint density at radius 2 is 2.15 bits per heavy atom. The maximum atomic E-state index is 12.5. The van der Waals surface area contributed by atoms with Gasteiger partial charge in [0, 0.05) is 19.5 Å². The van der Waals surface area contributed by atoms with E-state index >= 15 is 0 Å². The highest BCUT2D eigenvalue weighted by Crippen LogP contribution is 2.28. The van der Waals surface area contributed by atoms with E-state index in [0.29, 0.717) is 13.1 Å². The van der Waals surface area contributed by atoms with E-state index in [1.807, 2.05) is 25.1 Å². The van der Waals surface area contributed by atoms with E-state index in [0.717, 1.165) is 13.0 Å².